The molecule has 1 aromatic rings. The summed E-state index contributed by atoms with van der Waals surface area (Å²) in [7, 11) is 3.13. The van der Waals surface area contributed by atoms with Crippen LogP contribution in [0.15, 0.2) is 34.3 Å². The van der Waals surface area contributed by atoms with Crippen LogP contribution in [0.5, 0.6) is 0 Å². The molecule has 0 N–H and O–H groups in total. The molecule has 4 aliphatic rings. The largest absolute Gasteiger partial charge is 0.350 e. The van der Waals surface area contributed by atoms with Crippen LogP contribution in [0.1, 0.15) is 29.4 Å². The lowest BCUT2D eigenvalue weighted by atomic mass is 9.70. The number of benzene rings is 1. The maximum atomic E-state index is 7.21. The van der Waals surface area contributed by atoms with Gasteiger partial charge in [0.25, 0.3) is 0 Å². The summed E-state index contributed by atoms with van der Waals surface area (Å²) < 4.78 is 11.7. The van der Waals surface area contributed by atoms with Crippen molar-refractivity contribution in [3.05, 3.63) is 45.5 Å². The number of hydrogen-bond donors (Lipinski definition) is 0. The van der Waals surface area contributed by atoms with Crippen molar-refractivity contribution in [1.29, 1.82) is 0 Å². The Bertz CT molecular complexity index is 730. The summed E-state index contributed by atoms with van der Waals surface area (Å²) in [5.41, 5.74) is 2.69. The molecule has 1 aromatic carbocycles. The van der Waals surface area contributed by atoms with E-state index in [-0.39, 0.29) is 23.7 Å². The lowest BCUT2D eigenvalue weighted by molar-refractivity contribution is -0.221. The molecule has 6 atom stereocenters. The van der Waals surface area contributed by atoms with Gasteiger partial charge in [0.05, 0.1) is 10.1 Å². The van der Waals surface area contributed by atoms with Gasteiger partial charge in [0.1, 0.15) is 9.75 Å². The molecule has 2 saturated carbocycles. The van der Waals surface area contributed by atoms with Gasteiger partial charge in [-0.3, -0.25) is 0 Å². The van der Waals surface area contributed by atoms with E-state index < -0.39 is 15.5 Å². The molecule has 4 bridgehead atoms. The number of fused-ring (bicyclic) bond motifs is 12. The fraction of sp³-hybridized carbons (Fsp3) is 0.556. The molecule has 0 aliphatic heterocycles. The molecule has 0 amide bonds. The predicted octanol–water partition coefficient (Wildman–Crippen LogP) is 5.16. The third-order valence-corrected chi connectivity index (χ3v) is 9.48. The summed E-state index contributed by atoms with van der Waals surface area (Å²) >= 11 is 27.7. The van der Waals surface area contributed by atoms with Crippen LogP contribution in [0.4, 0.5) is 0 Å². The number of methoxy groups -OCH3 is 2. The van der Waals surface area contributed by atoms with E-state index >= 15 is 0 Å². The van der Waals surface area contributed by atoms with Gasteiger partial charge in [0, 0.05) is 26.1 Å². The van der Waals surface area contributed by atoms with E-state index in [4.69, 9.17) is 55.9 Å². The molecule has 0 aromatic heterocycles. The first kappa shape index (κ1) is 16.2. The van der Waals surface area contributed by atoms with E-state index in [1.807, 2.05) is 0 Å². The van der Waals surface area contributed by atoms with Gasteiger partial charge in [-0.2, -0.15) is 0 Å². The summed E-state index contributed by atoms with van der Waals surface area (Å²) in [5, 5.41) is 0.742. The maximum absolute atomic E-state index is 7.21. The van der Waals surface area contributed by atoms with E-state index in [1.165, 1.54) is 11.1 Å². The van der Waals surface area contributed by atoms with E-state index in [0.717, 1.165) is 6.42 Å². The summed E-state index contributed by atoms with van der Waals surface area (Å²) in [5.74, 6) is -0.626. The maximum Gasteiger partial charge on any atom is 0.217 e. The zero-order valence-electron chi connectivity index (χ0n) is 13.2. The minimum absolute atomic E-state index is 0.0338. The van der Waals surface area contributed by atoms with E-state index in [9.17, 15) is 0 Å². The minimum atomic E-state index is -1.27. The second-order valence-electron chi connectivity index (χ2n) is 7.21. The summed E-state index contributed by atoms with van der Waals surface area (Å²) in [6.07, 6.45) is 1.02. The second kappa shape index (κ2) is 4.65. The molecule has 0 heterocycles. The second-order valence-corrected chi connectivity index (χ2v) is 9.15. The van der Waals surface area contributed by atoms with Crippen molar-refractivity contribution in [3.8, 4) is 0 Å². The lowest BCUT2D eigenvalue weighted by Gasteiger charge is -2.42. The Kier molecular flexibility index (Phi) is 3.15. The van der Waals surface area contributed by atoms with Crippen molar-refractivity contribution in [2.75, 3.05) is 14.2 Å². The third-order valence-electron chi connectivity index (χ3n) is 6.84. The average molecular weight is 406 g/mol. The van der Waals surface area contributed by atoms with Crippen molar-refractivity contribution in [3.63, 3.8) is 0 Å². The van der Waals surface area contributed by atoms with E-state index in [1.54, 1.807) is 14.2 Å². The fourth-order valence-electron chi connectivity index (χ4n) is 6.23. The van der Waals surface area contributed by atoms with Crippen molar-refractivity contribution in [2.45, 2.75) is 33.8 Å². The van der Waals surface area contributed by atoms with Gasteiger partial charge in [-0.15, -0.1) is 23.2 Å². The monoisotopic (exact) mass is 404 g/mol. The molecule has 4 aliphatic carbocycles. The Balaban J connectivity index is 1.81. The van der Waals surface area contributed by atoms with Gasteiger partial charge in [0.2, 0.25) is 5.79 Å². The standard InChI is InChI=1S/C18H16Cl4O2/c1-23-18(24-2)16(21)12-10-7-11(9-6-4-3-5-8(9)10)13(12)17(18,22)15(20)14(16)19/h3-6,10-13H,7H2,1-2H3/t10-,11-,12+,13+,16-,17+/m1/s1. The number of halogens is 4. The zero-order valence-corrected chi connectivity index (χ0v) is 16.2. The predicted molar refractivity (Wildman–Crippen MR) is 96.2 cm³/mol. The van der Waals surface area contributed by atoms with Crippen molar-refractivity contribution >= 4 is 46.4 Å². The highest BCUT2D eigenvalue weighted by Gasteiger charge is 2.88. The molecule has 2 fully saturated rings. The van der Waals surface area contributed by atoms with Crippen LogP contribution in [0.3, 0.4) is 0 Å². The molecule has 0 spiro atoms. The summed E-state index contributed by atoms with van der Waals surface area (Å²) in [4.78, 5) is -2.15. The van der Waals surface area contributed by atoms with Crippen molar-refractivity contribution in [1.82, 2.24) is 0 Å². The number of rotatable bonds is 2. The van der Waals surface area contributed by atoms with E-state index in [0.29, 0.717) is 10.1 Å². The molecule has 0 radical (unpaired) electrons. The molecule has 0 unspecified atom stereocenters. The van der Waals surface area contributed by atoms with Crippen LogP contribution in [0.25, 0.3) is 0 Å². The molecule has 6 heteroatoms. The van der Waals surface area contributed by atoms with E-state index in [2.05, 4.69) is 24.3 Å². The Morgan fingerprint density at radius 1 is 0.875 bits per heavy atom. The van der Waals surface area contributed by atoms with Crippen LogP contribution < -0.4 is 0 Å². The zero-order chi connectivity index (χ0) is 17.1. The van der Waals surface area contributed by atoms with Crippen LogP contribution in [-0.2, 0) is 9.47 Å². The number of alkyl halides is 2. The molecule has 0 saturated heterocycles. The SMILES string of the molecule is COC1(OC)[C@@]2(Cl)C(Cl)=C(Cl)[C@]1(Cl)[C@@H]1[C@@H]2[C@@H]2C[C@@H]1c1ccccc12. The highest BCUT2D eigenvalue weighted by Crippen LogP contribution is 2.82. The van der Waals surface area contributed by atoms with Gasteiger partial charge in [-0.1, -0.05) is 47.5 Å². The Morgan fingerprint density at radius 3 is 1.67 bits per heavy atom. The van der Waals surface area contributed by atoms with Gasteiger partial charge < -0.3 is 9.47 Å². The molecule has 2 nitrogen and oxygen atoms in total. The fourth-order valence-corrected chi connectivity index (χ4v) is 8.54. The quantitative estimate of drug-likeness (QED) is 0.384. The first-order chi connectivity index (χ1) is 11.4. The summed E-state index contributed by atoms with van der Waals surface area (Å²) in [6.45, 7) is 0. The first-order valence-electron chi connectivity index (χ1n) is 8.03. The number of hydrogen-bond acceptors (Lipinski definition) is 2. The minimum Gasteiger partial charge on any atom is -0.350 e. The van der Waals surface area contributed by atoms with Crippen LogP contribution in [0, 0.1) is 11.8 Å². The molecular formula is C18H16Cl4O2. The van der Waals surface area contributed by atoms with Gasteiger partial charge >= 0.3 is 0 Å². The molecular weight excluding hydrogens is 390 g/mol. The topological polar surface area (TPSA) is 18.5 Å². The molecule has 128 valence electrons. The lowest BCUT2D eigenvalue weighted by Crippen LogP contribution is -2.58. The van der Waals surface area contributed by atoms with Crippen molar-refractivity contribution < 1.29 is 9.47 Å². The van der Waals surface area contributed by atoms with Crippen LogP contribution >= 0.6 is 46.4 Å². The molecule has 5 rings (SSSR count). The first-order valence-corrected chi connectivity index (χ1v) is 9.54. The molecule has 24 heavy (non-hydrogen) atoms. The third kappa shape index (κ3) is 1.29. The Labute approximate surface area is 161 Å². The van der Waals surface area contributed by atoms with Gasteiger partial charge in [-0.25, -0.2) is 0 Å². The van der Waals surface area contributed by atoms with Crippen molar-refractivity contribution in [2.24, 2.45) is 11.8 Å². The van der Waals surface area contributed by atoms with Gasteiger partial charge in [0.15, 0.2) is 0 Å². The normalized spacial score (nSPS) is 46.6. The van der Waals surface area contributed by atoms with Gasteiger partial charge in [-0.05, 0) is 29.4 Å². The Morgan fingerprint density at radius 2 is 1.29 bits per heavy atom. The van der Waals surface area contributed by atoms with Crippen LogP contribution in [-0.4, -0.2) is 29.8 Å². The number of ether oxygens (including phenoxy) is 2. The average Bonchev–Trinajstić information content (AvgIpc) is 3.24. The Hall–Kier alpha value is 0.0400. The van der Waals surface area contributed by atoms with Crippen LogP contribution in [0.2, 0.25) is 0 Å². The highest BCUT2D eigenvalue weighted by atomic mass is 35.5. The smallest absolute Gasteiger partial charge is 0.217 e. The highest BCUT2D eigenvalue weighted by molar-refractivity contribution is 6.52. The summed E-state index contributed by atoms with van der Waals surface area (Å²) in [6, 6.07) is 8.51.